The highest BCUT2D eigenvalue weighted by Crippen LogP contribution is 2.50. The number of benzene rings is 4. The normalized spacial score (nSPS) is 19.3. The van der Waals surface area contributed by atoms with Crippen LogP contribution in [0.15, 0.2) is 122 Å². The lowest BCUT2D eigenvalue weighted by Crippen LogP contribution is -2.54. The number of hydrogen-bond acceptors (Lipinski definition) is 14. The maximum atomic E-state index is 13.5. The maximum Gasteiger partial charge on any atom is 0.251 e. The molecule has 0 spiro atoms. The van der Waals surface area contributed by atoms with E-state index in [-0.39, 0.29) is 43.9 Å². The highest BCUT2D eigenvalue weighted by atomic mass is 16.5. The predicted molar refractivity (Wildman–Crippen MR) is 306 cm³/mol. The van der Waals surface area contributed by atoms with Crippen molar-refractivity contribution in [1.29, 1.82) is 0 Å². The van der Waals surface area contributed by atoms with Gasteiger partial charge in [-0.3, -0.25) is 19.2 Å². The molecule has 4 aliphatic rings. The van der Waals surface area contributed by atoms with Gasteiger partial charge in [0, 0.05) is 81.9 Å². The Balaban J connectivity index is 0.000000195. The van der Waals surface area contributed by atoms with Crippen LogP contribution < -0.4 is 25.8 Å². The monoisotopic (exact) mass is 1090 g/mol. The molecular weight excluding hydrogens is 1010 g/mol. The zero-order valence-corrected chi connectivity index (χ0v) is 45.8. The number of aromatic nitrogens is 6. The molecule has 2 saturated heterocycles. The Morgan fingerprint density at radius 2 is 1.02 bits per heavy atom. The van der Waals surface area contributed by atoms with Crippen molar-refractivity contribution >= 4 is 29.9 Å². The summed E-state index contributed by atoms with van der Waals surface area (Å²) >= 11 is 0. The smallest absolute Gasteiger partial charge is 0.251 e. The molecule has 426 valence electrons. The molecule has 0 radical (unpaired) electrons. The molecule has 2 aromatic heterocycles. The van der Waals surface area contributed by atoms with Crippen LogP contribution in [-0.4, -0.2) is 178 Å². The molecule has 4 amide bonds. The molecule has 2 aliphatic heterocycles. The third-order valence-electron chi connectivity index (χ3n) is 15.2. The van der Waals surface area contributed by atoms with Crippen molar-refractivity contribution in [2.24, 2.45) is 11.7 Å². The first kappa shape index (κ1) is 59.8. The summed E-state index contributed by atoms with van der Waals surface area (Å²) in [7, 11) is 7.45. The molecule has 0 unspecified atom stereocenters. The number of amides is 4. The second-order valence-corrected chi connectivity index (χ2v) is 20.8. The fourth-order valence-corrected chi connectivity index (χ4v) is 9.98. The van der Waals surface area contributed by atoms with Gasteiger partial charge in [-0.1, -0.05) is 55.0 Å². The van der Waals surface area contributed by atoms with Crippen LogP contribution in [0.2, 0.25) is 0 Å². The number of aldehydes is 1. The highest BCUT2D eigenvalue weighted by molar-refractivity contribution is 5.98. The molecule has 4 fully saturated rings. The zero-order chi connectivity index (χ0) is 55.7. The molecule has 20 heteroatoms. The molecule has 6 aromatic rings. The Bertz CT molecular complexity index is 2850. The summed E-state index contributed by atoms with van der Waals surface area (Å²) in [5.41, 5.74) is 11.0. The molecule has 4 aromatic carbocycles. The van der Waals surface area contributed by atoms with Crippen molar-refractivity contribution < 1.29 is 33.4 Å². The lowest BCUT2D eigenvalue weighted by atomic mass is 10.0. The fourth-order valence-electron chi connectivity index (χ4n) is 9.98. The van der Waals surface area contributed by atoms with Crippen LogP contribution in [0, 0.1) is 5.92 Å². The van der Waals surface area contributed by atoms with Crippen LogP contribution in [-0.2, 0) is 14.4 Å². The maximum absolute atomic E-state index is 13.5. The SMILES string of the molecule is C.CN1CCN(C(=O)[C@H](CCC=O)NC(=O)c2ccc(-n3ccnn3)cc2)CC1.COc1ccc([C@@H]2C[C@H]2CCCC[C@H](NC(=O)c2ccc(-n3ccnn3)cc2)C(=O)N2CCN(C)CC2)cc1.COc1ccc([C@@H]2C[C@H]2N)cc1. The van der Waals surface area contributed by atoms with Crippen LogP contribution in [0.4, 0.5) is 0 Å². The van der Waals surface area contributed by atoms with E-state index in [4.69, 9.17) is 15.2 Å². The third-order valence-corrected chi connectivity index (χ3v) is 15.2. The van der Waals surface area contributed by atoms with Crippen LogP contribution in [0.5, 0.6) is 11.5 Å². The first-order valence-corrected chi connectivity index (χ1v) is 27.4. The lowest BCUT2D eigenvalue weighted by molar-refractivity contribution is -0.135. The molecular formula is C60H79N13O7. The van der Waals surface area contributed by atoms with Crippen molar-refractivity contribution in [1.82, 2.24) is 60.2 Å². The van der Waals surface area contributed by atoms with Crippen molar-refractivity contribution in [2.75, 3.05) is 80.7 Å². The summed E-state index contributed by atoms with van der Waals surface area (Å²) in [5, 5.41) is 21.3. The molecule has 4 heterocycles. The van der Waals surface area contributed by atoms with E-state index in [1.807, 2.05) is 48.3 Å². The molecule has 20 nitrogen and oxygen atoms in total. The average molecular weight is 1090 g/mol. The number of nitrogens with zero attached hydrogens (tertiary/aromatic N) is 10. The van der Waals surface area contributed by atoms with Gasteiger partial charge in [-0.2, -0.15) is 0 Å². The van der Waals surface area contributed by atoms with Crippen LogP contribution in [0.25, 0.3) is 11.4 Å². The van der Waals surface area contributed by atoms with Gasteiger partial charge in [0.15, 0.2) is 0 Å². The van der Waals surface area contributed by atoms with E-state index in [9.17, 15) is 24.0 Å². The number of carbonyl (C=O) groups excluding carboxylic acids is 5. The summed E-state index contributed by atoms with van der Waals surface area (Å²) in [6, 6.07) is 29.7. The van der Waals surface area contributed by atoms with Crippen molar-refractivity contribution in [3.63, 3.8) is 0 Å². The number of methoxy groups -OCH3 is 2. The van der Waals surface area contributed by atoms with Gasteiger partial charge < -0.3 is 50.2 Å². The Morgan fingerprint density at radius 3 is 1.41 bits per heavy atom. The first-order valence-electron chi connectivity index (χ1n) is 27.4. The largest absolute Gasteiger partial charge is 0.497 e. The molecule has 80 heavy (non-hydrogen) atoms. The number of nitrogens with two attached hydrogens (primary N) is 1. The van der Waals surface area contributed by atoms with E-state index in [1.54, 1.807) is 89.7 Å². The third kappa shape index (κ3) is 16.9. The number of nitrogens with one attached hydrogen (secondary N) is 2. The Hall–Kier alpha value is -7.81. The van der Waals surface area contributed by atoms with E-state index in [0.717, 1.165) is 81.0 Å². The number of rotatable bonds is 20. The lowest BCUT2D eigenvalue weighted by Gasteiger charge is -2.34. The van der Waals surface area contributed by atoms with E-state index in [2.05, 4.69) is 72.4 Å². The van der Waals surface area contributed by atoms with Gasteiger partial charge in [-0.25, -0.2) is 9.36 Å². The summed E-state index contributed by atoms with van der Waals surface area (Å²) in [6.45, 7) is 5.92. The van der Waals surface area contributed by atoms with Gasteiger partial charge in [0.05, 0.1) is 50.4 Å². The molecule has 4 N–H and O–H groups in total. The predicted octanol–water partition coefficient (Wildman–Crippen LogP) is 5.78. The van der Waals surface area contributed by atoms with Gasteiger partial charge in [0.2, 0.25) is 11.8 Å². The topological polar surface area (TPSA) is 228 Å². The minimum atomic E-state index is -0.712. The van der Waals surface area contributed by atoms with Gasteiger partial charge in [0.25, 0.3) is 11.8 Å². The van der Waals surface area contributed by atoms with Crippen LogP contribution >= 0.6 is 0 Å². The minimum Gasteiger partial charge on any atom is -0.497 e. The Morgan fingerprint density at radius 1 is 0.600 bits per heavy atom. The fraction of sp³-hybridized carbons (Fsp3) is 0.450. The molecule has 10 rings (SSSR count). The van der Waals surface area contributed by atoms with Gasteiger partial charge in [-0.05, 0) is 142 Å². The Labute approximate surface area is 469 Å². The number of piperazine rings is 2. The summed E-state index contributed by atoms with van der Waals surface area (Å²) in [6.07, 6.45) is 14.0. The number of likely N-dealkylation sites (N-methyl/N-ethyl adjacent to an activating group) is 2. The highest BCUT2D eigenvalue weighted by Gasteiger charge is 2.38. The molecule has 0 bridgehead atoms. The van der Waals surface area contributed by atoms with Crippen LogP contribution in [0.3, 0.4) is 0 Å². The molecule has 2 aliphatic carbocycles. The number of unbranched alkanes of at least 4 members (excludes halogenated alkanes) is 1. The van der Waals surface area contributed by atoms with E-state index >= 15 is 0 Å². The van der Waals surface area contributed by atoms with Gasteiger partial charge >= 0.3 is 0 Å². The molecule has 2 saturated carbocycles. The number of hydrogen-bond donors (Lipinski definition) is 3. The Kier molecular flexibility index (Phi) is 22.0. The quantitative estimate of drug-likeness (QED) is 0.0609. The molecule has 6 atom stereocenters. The standard InChI is InChI=1S/C30H38N6O3.C19H24N6O3.C10H13NO.CH4/c1-34-17-19-35(20-18-34)30(38)28(32-29(37)23-7-11-25(12-8-23)36-16-15-31-33-36)6-4-3-5-24-21-27(24)22-9-13-26(39-2)14-10-22;1-23-10-12-24(13-11-23)19(28)17(3-2-14-26)21-18(27)15-4-6-16(7-5-15)25-9-8-20-22-25;1-12-8-4-2-7(3-5-8)9-6-10(9)11;/h7-16,24,27-28H,3-6,17-21H2,1-2H3,(H,32,37);4-9,14,17H,2-3,10-13H2,1H3,(H,21,27);2-5,9-10H,6,11H2,1H3;1H4/t24-,27+,28+;17-;9-,10+;/m100./s1. The van der Waals surface area contributed by atoms with Gasteiger partial charge in [-0.15, -0.1) is 10.2 Å². The summed E-state index contributed by atoms with van der Waals surface area (Å²) < 4.78 is 13.6. The van der Waals surface area contributed by atoms with E-state index < -0.39 is 12.1 Å². The number of carbonyl (C=O) groups is 5. The average Bonchev–Trinajstić information content (AvgIpc) is 4.23. The summed E-state index contributed by atoms with van der Waals surface area (Å²) in [4.78, 5) is 70.9. The summed E-state index contributed by atoms with van der Waals surface area (Å²) in [5.74, 6) is 3.03. The van der Waals surface area contributed by atoms with Crippen molar-refractivity contribution in [3.05, 3.63) is 144 Å². The minimum absolute atomic E-state index is 0. The zero-order valence-electron chi connectivity index (χ0n) is 45.8. The van der Waals surface area contributed by atoms with Crippen LogP contribution in [0.1, 0.15) is 102 Å². The van der Waals surface area contributed by atoms with E-state index in [0.29, 0.717) is 67.5 Å². The second-order valence-electron chi connectivity index (χ2n) is 20.8. The first-order chi connectivity index (χ1) is 38.4. The van der Waals surface area contributed by atoms with Gasteiger partial charge in [0.1, 0.15) is 29.9 Å². The second kappa shape index (κ2) is 29.4. The van der Waals surface area contributed by atoms with Crippen molar-refractivity contribution in [3.8, 4) is 22.9 Å². The van der Waals surface area contributed by atoms with Crippen molar-refractivity contribution in [2.45, 2.75) is 88.8 Å². The number of ether oxygens (including phenoxy) is 2. The van der Waals surface area contributed by atoms with E-state index in [1.165, 1.54) is 17.5 Å².